The lowest BCUT2D eigenvalue weighted by Gasteiger charge is -2.18. The van der Waals surface area contributed by atoms with Gasteiger partial charge in [0.05, 0.1) is 5.56 Å². The number of Topliss-reactive ketones (excluding diaryl/α,β-unsaturated/α-hetero) is 2. The van der Waals surface area contributed by atoms with Gasteiger partial charge < -0.3 is 19.5 Å². The van der Waals surface area contributed by atoms with Gasteiger partial charge in [-0.1, -0.05) is 18.4 Å². The van der Waals surface area contributed by atoms with Gasteiger partial charge in [0, 0.05) is 24.9 Å². The number of carbonyl (C=O) groups is 4. The number of ether oxygens (including phenoxy) is 3. The highest BCUT2D eigenvalue weighted by Gasteiger charge is 2.37. The van der Waals surface area contributed by atoms with E-state index in [1.807, 2.05) is 0 Å². The first kappa shape index (κ1) is 27.1. The molecule has 2 rings (SSSR count). The van der Waals surface area contributed by atoms with Crippen LogP contribution in [0.5, 0.6) is 11.5 Å². The van der Waals surface area contributed by atoms with E-state index in [1.165, 1.54) is 12.1 Å². The summed E-state index contributed by atoms with van der Waals surface area (Å²) in [6.07, 6.45) is 9.65. The van der Waals surface area contributed by atoms with Gasteiger partial charge >= 0.3 is 11.9 Å². The van der Waals surface area contributed by atoms with E-state index in [1.54, 1.807) is 0 Å². The van der Waals surface area contributed by atoms with Crippen molar-refractivity contribution in [3.8, 4) is 36.2 Å². The van der Waals surface area contributed by atoms with Crippen LogP contribution in [0.4, 0.5) is 8.78 Å². The minimum absolute atomic E-state index is 0.00194. The Morgan fingerprint density at radius 2 is 1.66 bits per heavy atom. The van der Waals surface area contributed by atoms with E-state index in [4.69, 9.17) is 27.1 Å². The van der Waals surface area contributed by atoms with Crippen molar-refractivity contribution in [1.29, 1.82) is 0 Å². The maximum Gasteiger partial charge on any atom is 0.342 e. The van der Waals surface area contributed by atoms with Crippen LogP contribution in [-0.4, -0.2) is 55.2 Å². The zero-order valence-electron chi connectivity index (χ0n) is 18.7. The van der Waals surface area contributed by atoms with Crippen LogP contribution in [0.3, 0.4) is 0 Å². The summed E-state index contributed by atoms with van der Waals surface area (Å²) in [6.45, 7) is 2.45. The number of halogens is 2. The van der Waals surface area contributed by atoms with Crippen molar-refractivity contribution in [2.24, 2.45) is 0 Å². The zero-order valence-corrected chi connectivity index (χ0v) is 18.7. The molecule has 184 valence electrons. The molecule has 0 heterocycles. The number of terminal acetylenes is 2. The zero-order chi connectivity index (χ0) is 26.0. The van der Waals surface area contributed by atoms with E-state index in [2.05, 4.69) is 23.7 Å². The number of ketones is 2. The van der Waals surface area contributed by atoms with Gasteiger partial charge in [-0.15, -0.1) is 12.8 Å². The molecule has 1 aromatic carbocycles. The molecule has 0 unspecified atom stereocenters. The van der Waals surface area contributed by atoms with Crippen LogP contribution < -0.4 is 14.8 Å². The second-order valence-electron chi connectivity index (χ2n) is 7.34. The summed E-state index contributed by atoms with van der Waals surface area (Å²) < 4.78 is 42.8. The van der Waals surface area contributed by atoms with Crippen LogP contribution in [-0.2, 0) is 25.5 Å². The second-order valence-corrected chi connectivity index (χ2v) is 7.34. The van der Waals surface area contributed by atoms with Gasteiger partial charge in [-0.25, -0.2) is 4.79 Å². The summed E-state index contributed by atoms with van der Waals surface area (Å²) in [5, 5.41) is 2.10. The Morgan fingerprint density at radius 3 is 2.14 bits per heavy atom. The summed E-state index contributed by atoms with van der Waals surface area (Å²) in [7, 11) is 0. The molecule has 10 heteroatoms. The smallest absolute Gasteiger partial charge is 0.342 e. The van der Waals surface area contributed by atoms with Crippen LogP contribution in [0.25, 0.3) is 0 Å². The molecule has 1 aromatic rings. The lowest BCUT2D eigenvalue weighted by molar-refractivity contribution is -0.139. The molecule has 0 radical (unpaired) electrons. The van der Waals surface area contributed by atoms with Crippen molar-refractivity contribution in [3.63, 3.8) is 0 Å². The summed E-state index contributed by atoms with van der Waals surface area (Å²) in [5.41, 5.74) is 0.323. The summed E-state index contributed by atoms with van der Waals surface area (Å²) >= 11 is 0. The fraction of sp³-hybridized carbons (Fsp3) is 0.360. The van der Waals surface area contributed by atoms with Gasteiger partial charge in [-0.3, -0.25) is 14.4 Å². The number of carbonyl (C=O) groups excluding carboxylic acids is 4. The van der Waals surface area contributed by atoms with Crippen molar-refractivity contribution >= 4 is 23.4 Å². The standard InChI is InChI=1S/C25H23F2NO7/c1-4-12-33-20-14-16(23(31)35-22-18(29)9-10-19(22)30)15-21(34-13-5-2)17(20)8-7-11-28-24(32)25(26,27)6-3/h1-2,6,14-15,22H,3,7-13H2,(H,28,32). The van der Waals surface area contributed by atoms with Crippen molar-refractivity contribution in [2.75, 3.05) is 19.8 Å². The summed E-state index contributed by atoms with van der Waals surface area (Å²) in [5.74, 6) is -2.33. The highest BCUT2D eigenvalue weighted by atomic mass is 19.3. The van der Waals surface area contributed by atoms with Gasteiger partial charge in [0.15, 0.2) is 11.6 Å². The molecule has 8 nitrogen and oxygen atoms in total. The van der Waals surface area contributed by atoms with Crippen LogP contribution in [0, 0.1) is 24.7 Å². The third kappa shape index (κ3) is 7.15. The lowest BCUT2D eigenvalue weighted by atomic mass is 10.0. The van der Waals surface area contributed by atoms with E-state index in [0.29, 0.717) is 5.56 Å². The molecule has 0 atom stereocenters. The highest BCUT2D eigenvalue weighted by Crippen LogP contribution is 2.33. The Morgan fingerprint density at radius 1 is 1.11 bits per heavy atom. The molecule has 0 saturated heterocycles. The van der Waals surface area contributed by atoms with Crippen LogP contribution in [0.1, 0.15) is 35.2 Å². The van der Waals surface area contributed by atoms with Crippen LogP contribution >= 0.6 is 0 Å². The van der Waals surface area contributed by atoms with E-state index >= 15 is 0 Å². The first-order chi connectivity index (χ1) is 16.6. The molecule has 1 saturated carbocycles. The molecule has 0 aliphatic heterocycles. The van der Waals surface area contributed by atoms with Gasteiger partial charge in [0.25, 0.3) is 5.91 Å². The van der Waals surface area contributed by atoms with Crippen molar-refractivity contribution in [3.05, 3.63) is 35.9 Å². The van der Waals surface area contributed by atoms with E-state index in [0.717, 1.165) is 0 Å². The van der Waals surface area contributed by atoms with Crippen LogP contribution in [0.2, 0.25) is 0 Å². The fourth-order valence-electron chi connectivity index (χ4n) is 3.15. The maximum atomic E-state index is 13.3. The minimum atomic E-state index is -3.70. The van der Waals surface area contributed by atoms with Crippen molar-refractivity contribution < 1.29 is 42.2 Å². The fourth-order valence-corrected chi connectivity index (χ4v) is 3.15. The first-order valence-electron chi connectivity index (χ1n) is 10.5. The number of benzene rings is 1. The molecule has 0 aromatic heterocycles. The average Bonchev–Trinajstić information content (AvgIpc) is 3.16. The topological polar surface area (TPSA) is 108 Å². The Kier molecular flexibility index (Phi) is 9.54. The number of nitrogens with one attached hydrogen (secondary N) is 1. The highest BCUT2D eigenvalue weighted by molar-refractivity contribution is 6.13. The molecule has 1 aliphatic rings. The number of esters is 1. The molecule has 1 amide bonds. The molecule has 0 spiro atoms. The number of alkyl halides is 2. The van der Waals surface area contributed by atoms with Gasteiger partial charge in [0.1, 0.15) is 24.7 Å². The summed E-state index contributed by atoms with van der Waals surface area (Å²) in [4.78, 5) is 47.8. The average molecular weight is 487 g/mol. The molecular weight excluding hydrogens is 464 g/mol. The Labute approximate surface area is 201 Å². The Bertz CT molecular complexity index is 1040. The van der Waals surface area contributed by atoms with Gasteiger partial charge in [-0.2, -0.15) is 8.78 Å². The van der Waals surface area contributed by atoms with Gasteiger partial charge in [0.2, 0.25) is 6.10 Å². The van der Waals surface area contributed by atoms with Crippen molar-refractivity contribution in [2.45, 2.75) is 37.7 Å². The molecule has 0 bridgehead atoms. The monoisotopic (exact) mass is 487 g/mol. The van der Waals surface area contributed by atoms with E-state index < -0.39 is 35.5 Å². The second kappa shape index (κ2) is 12.3. The van der Waals surface area contributed by atoms with E-state index in [-0.39, 0.29) is 68.6 Å². The number of hydrogen-bond donors (Lipinski definition) is 1. The van der Waals surface area contributed by atoms with Gasteiger partial charge in [-0.05, 0) is 31.1 Å². The third-order valence-electron chi connectivity index (χ3n) is 4.90. The third-order valence-corrected chi connectivity index (χ3v) is 4.90. The number of rotatable bonds is 12. The maximum absolute atomic E-state index is 13.3. The Balaban J connectivity index is 2.27. The van der Waals surface area contributed by atoms with Crippen molar-refractivity contribution in [1.82, 2.24) is 5.32 Å². The van der Waals surface area contributed by atoms with E-state index in [9.17, 15) is 28.0 Å². The summed E-state index contributed by atoms with van der Waals surface area (Å²) in [6, 6.07) is 2.60. The molecular formula is C25H23F2NO7. The SMILES string of the molecule is C#CCOc1cc(C(=O)OC2C(=O)CCC2=O)cc(OCC#C)c1CCCNC(=O)C(F)(F)C=C. The normalized spacial score (nSPS) is 13.5. The largest absolute Gasteiger partial charge is 0.481 e. The molecule has 1 fully saturated rings. The quantitative estimate of drug-likeness (QED) is 0.158. The molecule has 1 aliphatic carbocycles. The molecule has 35 heavy (non-hydrogen) atoms. The predicted octanol–water partition coefficient (Wildman–Crippen LogP) is 2.04. The first-order valence-corrected chi connectivity index (χ1v) is 10.5. The predicted molar refractivity (Wildman–Crippen MR) is 120 cm³/mol. The lowest BCUT2D eigenvalue weighted by Crippen LogP contribution is -2.39. The van der Waals surface area contributed by atoms with Crippen LogP contribution in [0.15, 0.2) is 24.8 Å². The minimum Gasteiger partial charge on any atom is -0.481 e. The number of hydrogen-bond acceptors (Lipinski definition) is 7. The number of amides is 1. The Hall–Kier alpha value is -4.18. The molecule has 1 N–H and O–H groups in total.